The van der Waals surface area contributed by atoms with Gasteiger partial charge >= 0.3 is 0 Å². The number of carbonyl (C=O) groups is 1. The number of halogens is 3. The zero-order valence-corrected chi connectivity index (χ0v) is 24.7. The number of nitrogens with zero attached hydrogens (tertiary/aromatic N) is 6. The molecule has 43 heavy (non-hydrogen) atoms. The van der Waals surface area contributed by atoms with Gasteiger partial charge in [-0.25, -0.2) is 13.8 Å². The van der Waals surface area contributed by atoms with Gasteiger partial charge in [-0.05, 0) is 50.1 Å². The van der Waals surface area contributed by atoms with Crippen molar-refractivity contribution >= 4 is 34.8 Å². The molecule has 1 aliphatic heterocycles. The van der Waals surface area contributed by atoms with Crippen LogP contribution in [-0.2, 0) is 4.79 Å². The van der Waals surface area contributed by atoms with Gasteiger partial charge in [0, 0.05) is 51.5 Å². The lowest BCUT2D eigenvalue weighted by Gasteiger charge is -2.20. The molecule has 0 spiro atoms. The van der Waals surface area contributed by atoms with Gasteiger partial charge in [0.15, 0.2) is 16.9 Å². The zero-order valence-electron chi connectivity index (χ0n) is 23.2. The number of hydrogen-bond donors (Lipinski definition) is 1. The van der Waals surface area contributed by atoms with Crippen molar-refractivity contribution in [2.75, 3.05) is 5.32 Å². The fourth-order valence-corrected chi connectivity index (χ4v) is 5.66. The first-order valence-electron chi connectivity index (χ1n) is 13.7. The summed E-state index contributed by atoms with van der Waals surface area (Å²) in [5.74, 6) is -0.678. The third-order valence-corrected chi connectivity index (χ3v) is 7.96. The van der Waals surface area contributed by atoms with Crippen LogP contribution in [-0.4, -0.2) is 35.7 Å². The highest BCUT2D eigenvalue weighted by Gasteiger charge is 2.26. The Hall–Kier alpha value is -4.35. The summed E-state index contributed by atoms with van der Waals surface area (Å²) in [7, 11) is 0. The van der Waals surface area contributed by atoms with Gasteiger partial charge in [0.05, 0.1) is 35.7 Å². The van der Waals surface area contributed by atoms with Crippen LogP contribution >= 0.6 is 23.2 Å². The van der Waals surface area contributed by atoms with Crippen molar-refractivity contribution in [3.8, 4) is 28.3 Å². The van der Waals surface area contributed by atoms with E-state index in [0.717, 1.165) is 0 Å². The maximum absolute atomic E-state index is 14.6. The molecule has 10 nitrogen and oxygen atoms in total. The smallest absolute Gasteiger partial charge is 0.227 e. The average molecular weight is 622 g/mol. The Kier molecular flexibility index (Phi) is 7.85. The highest BCUT2D eigenvalue weighted by Crippen LogP contribution is 2.36. The van der Waals surface area contributed by atoms with Crippen LogP contribution in [0, 0.1) is 5.92 Å². The van der Waals surface area contributed by atoms with Gasteiger partial charge in [-0.15, -0.1) is 5.10 Å². The second-order valence-corrected chi connectivity index (χ2v) is 11.3. The zero-order chi connectivity index (χ0) is 30.2. The molecule has 13 heteroatoms. The van der Waals surface area contributed by atoms with Gasteiger partial charge in [0.1, 0.15) is 5.76 Å². The number of amides is 1. The Balaban J connectivity index is 1.45. The van der Waals surface area contributed by atoms with E-state index in [4.69, 9.17) is 27.6 Å². The summed E-state index contributed by atoms with van der Waals surface area (Å²) in [4.78, 5) is 31.3. The molecule has 4 aromatic heterocycles. The Morgan fingerprint density at radius 2 is 1.98 bits per heavy atom. The molecule has 5 heterocycles. The molecule has 1 aromatic carbocycles. The summed E-state index contributed by atoms with van der Waals surface area (Å²) in [5.41, 5.74) is 3.29. The van der Waals surface area contributed by atoms with E-state index >= 15 is 0 Å². The van der Waals surface area contributed by atoms with Crippen LogP contribution in [0.4, 0.5) is 10.1 Å². The molecule has 0 fully saturated rings. The van der Waals surface area contributed by atoms with Crippen molar-refractivity contribution in [1.82, 2.24) is 29.8 Å². The molecule has 1 amide bonds. The maximum atomic E-state index is 14.6. The molecule has 1 N–H and O–H groups in total. The summed E-state index contributed by atoms with van der Waals surface area (Å²) in [6, 6.07) is 10.0. The van der Waals surface area contributed by atoms with E-state index in [0.29, 0.717) is 63.7 Å². The number of anilines is 1. The molecule has 3 atom stereocenters. The normalized spacial score (nSPS) is 17.8. The van der Waals surface area contributed by atoms with Gasteiger partial charge in [0.25, 0.3) is 0 Å². The first-order valence-corrected chi connectivity index (χ1v) is 14.4. The summed E-state index contributed by atoms with van der Waals surface area (Å²) >= 11 is 12.3. The number of fused-ring (bicyclic) bond motifs is 4. The lowest BCUT2D eigenvalue weighted by Crippen LogP contribution is -2.22. The van der Waals surface area contributed by atoms with Gasteiger partial charge in [-0.3, -0.25) is 14.6 Å². The molecule has 2 bridgehead atoms. The van der Waals surface area contributed by atoms with E-state index in [9.17, 15) is 14.0 Å². The standard InChI is InChI=1S/C30H26Cl2FN7O3/c1-16-4-3-5-20(23-10-18(8-9-34-23)29-24(36-30(16)42)13-35-40(29)17(2)33)22-15-43-27(12-26(22)41)21-11-19(31)6-7-25(21)39-14-28(32)37-38-39/h6-17,20H,3-5H2,1-2H3,(H,36,42). The lowest BCUT2D eigenvalue weighted by molar-refractivity contribution is -0.119. The third-order valence-electron chi connectivity index (χ3n) is 7.55. The van der Waals surface area contributed by atoms with Crippen LogP contribution in [0.3, 0.4) is 0 Å². The van der Waals surface area contributed by atoms with Gasteiger partial charge in [-0.1, -0.05) is 41.8 Å². The van der Waals surface area contributed by atoms with E-state index < -0.39 is 12.2 Å². The average Bonchev–Trinajstić information content (AvgIpc) is 3.61. The molecule has 0 aliphatic carbocycles. The minimum Gasteiger partial charge on any atom is -0.464 e. The summed E-state index contributed by atoms with van der Waals surface area (Å²) in [6.07, 6.45) is 6.34. The predicted molar refractivity (Wildman–Crippen MR) is 160 cm³/mol. The molecule has 6 rings (SSSR count). The van der Waals surface area contributed by atoms with Crippen LogP contribution in [0.5, 0.6) is 0 Å². The third kappa shape index (κ3) is 5.70. The number of carbonyl (C=O) groups excluding carboxylic acids is 1. The fourth-order valence-electron chi connectivity index (χ4n) is 5.36. The Bertz CT molecular complexity index is 1880. The SMILES string of the molecule is CC1CCCC(c2coc(-c3cc(Cl)ccc3-n3cc(Cl)nn3)cc2=O)c2cc(ccn2)-c2c(cnn2C(C)F)NC1=O. The number of nitrogens with one attached hydrogen (secondary N) is 1. The lowest BCUT2D eigenvalue weighted by atomic mass is 9.88. The molecular weight excluding hydrogens is 596 g/mol. The van der Waals surface area contributed by atoms with Gasteiger partial charge < -0.3 is 9.73 Å². The van der Waals surface area contributed by atoms with Crippen LogP contribution in [0.2, 0.25) is 10.2 Å². The van der Waals surface area contributed by atoms with E-state index in [1.807, 2.05) is 6.92 Å². The van der Waals surface area contributed by atoms with Crippen molar-refractivity contribution in [3.63, 3.8) is 0 Å². The van der Waals surface area contributed by atoms with Crippen molar-refractivity contribution in [3.05, 3.63) is 92.9 Å². The van der Waals surface area contributed by atoms with Crippen molar-refractivity contribution in [2.24, 2.45) is 5.92 Å². The van der Waals surface area contributed by atoms with Gasteiger partial charge in [0.2, 0.25) is 5.91 Å². The second-order valence-electron chi connectivity index (χ2n) is 10.5. The molecule has 0 saturated carbocycles. The summed E-state index contributed by atoms with van der Waals surface area (Å²) in [6.45, 7) is 3.21. The fraction of sp³-hybridized carbons (Fsp3) is 0.267. The number of benzene rings is 1. The molecular formula is C30H26Cl2FN7O3. The Labute approximate surface area is 255 Å². The number of hydrogen-bond acceptors (Lipinski definition) is 7. The van der Waals surface area contributed by atoms with Crippen molar-refractivity contribution in [1.29, 1.82) is 0 Å². The monoisotopic (exact) mass is 621 g/mol. The van der Waals surface area contributed by atoms with Crippen LogP contribution in [0.15, 0.2) is 70.5 Å². The molecule has 0 saturated heterocycles. The van der Waals surface area contributed by atoms with Crippen LogP contribution in [0.1, 0.15) is 56.6 Å². The van der Waals surface area contributed by atoms with E-state index in [-0.39, 0.29) is 28.2 Å². The van der Waals surface area contributed by atoms with Crippen molar-refractivity contribution < 1.29 is 13.6 Å². The Morgan fingerprint density at radius 3 is 2.72 bits per heavy atom. The topological polar surface area (TPSA) is 121 Å². The summed E-state index contributed by atoms with van der Waals surface area (Å²) in [5, 5.41) is 15.6. The Morgan fingerprint density at radius 1 is 1.14 bits per heavy atom. The highest BCUT2D eigenvalue weighted by atomic mass is 35.5. The van der Waals surface area contributed by atoms with Gasteiger partial charge in [-0.2, -0.15) is 5.10 Å². The largest absolute Gasteiger partial charge is 0.464 e. The predicted octanol–water partition coefficient (Wildman–Crippen LogP) is 6.83. The quantitative estimate of drug-likeness (QED) is 0.233. The number of alkyl halides is 1. The minimum absolute atomic E-state index is 0.187. The number of pyridine rings is 1. The first-order chi connectivity index (χ1) is 20.7. The number of aromatic nitrogens is 6. The highest BCUT2D eigenvalue weighted by molar-refractivity contribution is 6.31. The minimum atomic E-state index is -1.44. The first kappa shape index (κ1) is 28.8. The molecule has 1 aliphatic rings. The molecule has 220 valence electrons. The summed E-state index contributed by atoms with van der Waals surface area (Å²) < 4.78 is 23.3. The molecule has 3 unspecified atom stereocenters. The maximum Gasteiger partial charge on any atom is 0.227 e. The van der Waals surface area contributed by atoms with Crippen LogP contribution in [0.25, 0.3) is 28.3 Å². The number of rotatable bonds is 4. The van der Waals surface area contributed by atoms with E-state index in [2.05, 4.69) is 25.7 Å². The molecule has 0 radical (unpaired) electrons. The van der Waals surface area contributed by atoms with E-state index in [1.54, 1.807) is 36.5 Å². The van der Waals surface area contributed by atoms with Crippen molar-refractivity contribution in [2.45, 2.75) is 45.3 Å². The van der Waals surface area contributed by atoms with E-state index in [1.165, 1.54) is 41.0 Å². The molecule has 5 aromatic rings. The second kappa shape index (κ2) is 11.7. The van der Waals surface area contributed by atoms with Crippen LogP contribution < -0.4 is 10.7 Å².